The third-order valence-electron chi connectivity index (χ3n) is 1.54. The van der Waals surface area contributed by atoms with Crippen LogP contribution in [0.4, 0.5) is 0 Å². The minimum atomic E-state index is 0.659. The van der Waals surface area contributed by atoms with Crippen molar-refractivity contribution in [2.24, 2.45) is 13.0 Å². The molecular formula is C7H15N5. The van der Waals surface area contributed by atoms with E-state index in [2.05, 4.69) is 34.7 Å². The van der Waals surface area contributed by atoms with Crippen LogP contribution in [0.15, 0.2) is 0 Å². The van der Waals surface area contributed by atoms with Gasteiger partial charge in [0.05, 0.1) is 6.54 Å². The summed E-state index contributed by atoms with van der Waals surface area (Å²) < 4.78 is 1.67. The van der Waals surface area contributed by atoms with E-state index in [1.807, 2.05) is 7.05 Å². The molecule has 0 bridgehead atoms. The number of nitrogens with one attached hydrogen (secondary N) is 1. The number of hydrogen-bond donors (Lipinski definition) is 1. The van der Waals surface area contributed by atoms with Crippen LogP contribution >= 0.6 is 0 Å². The summed E-state index contributed by atoms with van der Waals surface area (Å²) in [7, 11) is 1.84. The molecule has 0 saturated carbocycles. The van der Waals surface area contributed by atoms with Gasteiger partial charge in [-0.05, 0) is 22.9 Å². The van der Waals surface area contributed by atoms with Crippen LogP contribution in [0.25, 0.3) is 0 Å². The SMILES string of the molecule is CC(C)CNCc1nnnn1C. The second-order valence-electron chi connectivity index (χ2n) is 3.24. The molecule has 0 spiro atoms. The quantitative estimate of drug-likeness (QED) is 0.687. The van der Waals surface area contributed by atoms with E-state index in [-0.39, 0.29) is 0 Å². The number of tetrazole rings is 1. The Morgan fingerprint density at radius 1 is 1.50 bits per heavy atom. The van der Waals surface area contributed by atoms with Crippen LogP contribution in [0.5, 0.6) is 0 Å². The van der Waals surface area contributed by atoms with Crippen LogP contribution in [0.3, 0.4) is 0 Å². The molecule has 12 heavy (non-hydrogen) atoms. The second-order valence-corrected chi connectivity index (χ2v) is 3.24. The summed E-state index contributed by atoms with van der Waals surface area (Å²) in [5, 5.41) is 14.4. The van der Waals surface area contributed by atoms with Gasteiger partial charge in [0, 0.05) is 7.05 Å². The molecule has 5 nitrogen and oxygen atoms in total. The summed E-state index contributed by atoms with van der Waals surface area (Å²) in [6, 6.07) is 0. The van der Waals surface area contributed by atoms with Gasteiger partial charge in [-0.25, -0.2) is 4.68 Å². The Morgan fingerprint density at radius 3 is 2.75 bits per heavy atom. The molecule has 0 atom stereocenters. The first kappa shape index (κ1) is 9.12. The largest absolute Gasteiger partial charge is 0.310 e. The first-order valence-corrected chi connectivity index (χ1v) is 4.12. The Bertz CT molecular complexity index is 229. The summed E-state index contributed by atoms with van der Waals surface area (Å²) in [5.41, 5.74) is 0. The van der Waals surface area contributed by atoms with Crippen molar-refractivity contribution in [3.63, 3.8) is 0 Å². The van der Waals surface area contributed by atoms with Crippen LogP contribution in [0, 0.1) is 5.92 Å². The molecule has 0 aliphatic rings. The van der Waals surface area contributed by atoms with E-state index in [0.29, 0.717) is 5.92 Å². The van der Waals surface area contributed by atoms with Crippen molar-refractivity contribution in [2.45, 2.75) is 20.4 Å². The summed E-state index contributed by atoms with van der Waals surface area (Å²) in [6.07, 6.45) is 0. The summed E-state index contributed by atoms with van der Waals surface area (Å²) in [4.78, 5) is 0. The van der Waals surface area contributed by atoms with Crippen molar-refractivity contribution in [3.8, 4) is 0 Å². The zero-order valence-electron chi connectivity index (χ0n) is 7.78. The Kier molecular flexibility index (Phi) is 3.16. The number of aromatic nitrogens is 4. The molecule has 0 amide bonds. The standard InChI is InChI=1S/C7H15N5/c1-6(2)4-8-5-7-9-10-11-12(7)3/h6,8H,4-5H2,1-3H3. The number of rotatable bonds is 4. The Morgan fingerprint density at radius 2 is 2.25 bits per heavy atom. The lowest BCUT2D eigenvalue weighted by molar-refractivity contribution is 0.531. The Balaban J connectivity index is 2.29. The summed E-state index contributed by atoms with van der Waals surface area (Å²) in [5.74, 6) is 1.53. The van der Waals surface area contributed by atoms with Crippen molar-refractivity contribution >= 4 is 0 Å². The molecule has 0 aliphatic carbocycles. The average Bonchev–Trinajstić information content (AvgIpc) is 2.36. The highest BCUT2D eigenvalue weighted by Crippen LogP contribution is 1.90. The Hall–Kier alpha value is -0.970. The van der Waals surface area contributed by atoms with Crippen molar-refractivity contribution in [2.75, 3.05) is 6.54 Å². The van der Waals surface area contributed by atoms with Crippen LogP contribution in [-0.2, 0) is 13.6 Å². The minimum Gasteiger partial charge on any atom is -0.310 e. The molecule has 0 fully saturated rings. The second kappa shape index (κ2) is 4.15. The van der Waals surface area contributed by atoms with E-state index in [9.17, 15) is 0 Å². The lowest BCUT2D eigenvalue weighted by Gasteiger charge is -2.05. The molecule has 1 aromatic heterocycles. The van der Waals surface area contributed by atoms with Crippen LogP contribution in [0.2, 0.25) is 0 Å². The molecule has 0 unspecified atom stereocenters. The van der Waals surface area contributed by atoms with Gasteiger partial charge in [-0.1, -0.05) is 13.8 Å². The molecule has 0 aliphatic heterocycles. The van der Waals surface area contributed by atoms with Crippen molar-refractivity contribution in [3.05, 3.63) is 5.82 Å². The molecule has 68 valence electrons. The van der Waals surface area contributed by atoms with E-state index in [0.717, 1.165) is 18.9 Å². The average molecular weight is 169 g/mol. The lowest BCUT2D eigenvalue weighted by Crippen LogP contribution is -2.21. The van der Waals surface area contributed by atoms with Gasteiger partial charge in [0.25, 0.3) is 0 Å². The third kappa shape index (κ3) is 2.58. The fraction of sp³-hybridized carbons (Fsp3) is 0.857. The van der Waals surface area contributed by atoms with E-state index < -0.39 is 0 Å². The van der Waals surface area contributed by atoms with Crippen molar-refractivity contribution in [1.29, 1.82) is 0 Å². The predicted molar refractivity (Wildman–Crippen MR) is 45.3 cm³/mol. The lowest BCUT2D eigenvalue weighted by atomic mass is 10.2. The molecule has 1 aromatic rings. The van der Waals surface area contributed by atoms with Gasteiger partial charge in [0.1, 0.15) is 0 Å². The predicted octanol–water partition coefficient (Wildman–Crippen LogP) is -0.0443. The fourth-order valence-electron chi connectivity index (χ4n) is 0.870. The maximum Gasteiger partial charge on any atom is 0.164 e. The van der Waals surface area contributed by atoms with Gasteiger partial charge in [-0.3, -0.25) is 0 Å². The molecule has 5 heteroatoms. The van der Waals surface area contributed by atoms with Crippen LogP contribution in [-0.4, -0.2) is 26.8 Å². The van der Waals surface area contributed by atoms with Gasteiger partial charge in [-0.2, -0.15) is 0 Å². The molecular weight excluding hydrogens is 154 g/mol. The third-order valence-corrected chi connectivity index (χ3v) is 1.54. The molecule has 0 saturated heterocycles. The monoisotopic (exact) mass is 169 g/mol. The zero-order chi connectivity index (χ0) is 8.97. The van der Waals surface area contributed by atoms with Crippen LogP contribution in [0.1, 0.15) is 19.7 Å². The smallest absolute Gasteiger partial charge is 0.164 e. The van der Waals surface area contributed by atoms with Crippen molar-refractivity contribution in [1.82, 2.24) is 25.5 Å². The maximum atomic E-state index is 3.85. The summed E-state index contributed by atoms with van der Waals surface area (Å²) in [6.45, 7) is 6.07. The Labute approximate surface area is 72.2 Å². The normalized spacial score (nSPS) is 11.0. The van der Waals surface area contributed by atoms with Gasteiger partial charge in [0.15, 0.2) is 5.82 Å². The number of aryl methyl sites for hydroxylation is 1. The highest BCUT2D eigenvalue weighted by Gasteiger charge is 2.00. The van der Waals surface area contributed by atoms with Gasteiger partial charge in [-0.15, -0.1) is 5.10 Å². The molecule has 1 N–H and O–H groups in total. The summed E-state index contributed by atoms with van der Waals surface area (Å²) >= 11 is 0. The molecule has 0 aromatic carbocycles. The first-order valence-electron chi connectivity index (χ1n) is 4.12. The fourth-order valence-corrected chi connectivity index (χ4v) is 0.870. The minimum absolute atomic E-state index is 0.659. The molecule has 1 rings (SSSR count). The van der Waals surface area contributed by atoms with Gasteiger partial charge < -0.3 is 5.32 Å². The highest BCUT2D eigenvalue weighted by molar-refractivity contribution is 4.77. The first-order chi connectivity index (χ1) is 5.70. The van der Waals surface area contributed by atoms with Gasteiger partial charge in [0.2, 0.25) is 0 Å². The zero-order valence-corrected chi connectivity index (χ0v) is 7.78. The maximum absolute atomic E-state index is 3.85. The van der Waals surface area contributed by atoms with E-state index >= 15 is 0 Å². The van der Waals surface area contributed by atoms with E-state index in [1.54, 1.807) is 4.68 Å². The van der Waals surface area contributed by atoms with Crippen molar-refractivity contribution < 1.29 is 0 Å². The molecule has 0 radical (unpaired) electrons. The van der Waals surface area contributed by atoms with E-state index in [4.69, 9.17) is 0 Å². The highest BCUT2D eigenvalue weighted by atomic mass is 15.5. The topological polar surface area (TPSA) is 55.6 Å². The van der Waals surface area contributed by atoms with Gasteiger partial charge >= 0.3 is 0 Å². The van der Waals surface area contributed by atoms with E-state index in [1.165, 1.54) is 0 Å². The number of hydrogen-bond acceptors (Lipinski definition) is 4. The van der Waals surface area contributed by atoms with Crippen LogP contribution < -0.4 is 5.32 Å². The molecule has 1 heterocycles. The number of nitrogens with zero attached hydrogens (tertiary/aromatic N) is 4.